The molecule has 0 saturated heterocycles. The van der Waals surface area contributed by atoms with E-state index in [1.54, 1.807) is 0 Å². The van der Waals surface area contributed by atoms with E-state index in [1.165, 1.54) is 38.5 Å². The number of amidine groups is 1. The SMILES string of the molecule is NNC(CC1CC1)=NC1CCCC1. The minimum absolute atomic E-state index is 0.560. The van der Waals surface area contributed by atoms with Crippen molar-refractivity contribution < 1.29 is 0 Å². The third-order valence-electron chi connectivity index (χ3n) is 3.01. The molecule has 0 aromatic carbocycles. The fourth-order valence-electron chi connectivity index (χ4n) is 2.00. The predicted molar refractivity (Wildman–Crippen MR) is 54.4 cm³/mol. The second-order valence-corrected chi connectivity index (χ2v) is 4.31. The zero-order valence-electron chi connectivity index (χ0n) is 8.13. The van der Waals surface area contributed by atoms with E-state index in [0.717, 1.165) is 18.2 Å². The smallest absolute Gasteiger partial charge is 0.111 e. The van der Waals surface area contributed by atoms with Gasteiger partial charge in [-0.15, -0.1) is 0 Å². The fraction of sp³-hybridized carbons (Fsp3) is 0.900. The van der Waals surface area contributed by atoms with Gasteiger partial charge in [0.15, 0.2) is 0 Å². The highest BCUT2D eigenvalue weighted by Crippen LogP contribution is 2.32. The molecule has 0 spiro atoms. The van der Waals surface area contributed by atoms with Gasteiger partial charge in [0, 0.05) is 6.42 Å². The third kappa shape index (κ3) is 2.69. The average Bonchev–Trinajstić information content (AvgIpc) is 2.80. The predicted octanol–water partition coefficient (Wildman–Crippen LogP) is 1.59. The number of hydrazine groups is 1. The first-order chi connectivity index (χ1) is 6.38. The van der Waals surface area contributed by atoms with Gasteiger partial charge in [-0.2, -0.15) is 0 Å². The van der Waals surface area contributed by atoms with Gasteiger partial charge in [-0.1, -0.05) is 12.8 Å². The molecule has 0 unspecified atom stereocenters. The maximum atomic E-state index is 5.45. The van der Waals surface area contributed by atoms with Crippen LogP contribution in [0.15, 0.2) is 4.99 Å². The van der Waals surface area contributed by atoms with E-state index in [1.807, 2.05) is 0 Å². The second kappa shape index (κ2) is 4.09. The van der Waals surface area contributed by atoms with Gasteiger partial charge >= 0.3 is 0 Å². The summed E-state index contributed by atoms with van der Waals surface area (Å²) in [5.74, 6) is 7.35. The highest BCUT2D eigenvalue weighted by atomic mass is 15.3. The van der Waals surface area contributed by atoms with E-state index < -0.39 is 0 Å². The largest absolute Gasteiger partial charge is 0.312 e. The van der Waals surface area contributed by atoms with Crippen LogP contribution in [0.4, 0.5) is 0 Å². The zero-order chi connectivity index (χ0) is 9.10. The van der Waals surface area contributed by atoms with Crippen LogP contribution in [0, 0.1) is 5.92 Å². The number of nitrogens with zero attached hydrogens (tertiary/aromatic N) is 1. The van der Waals surface area contributed by atoms with Crippen molar-refractivity contribution in [3.05, 3.63) is 0 Å². The summed E-state index contributed by atoms with van der Waals surface area (Å²) >= 11 is 0. The molecular formula is C10H19N3. The lowest BCUT2D eigenvalue weighted by Crippen LogP contribution is -2.31. The molecule has 74 valence electrons. The minimum atomic E-state index is 0.560. The van der Waals surface area contributed by atoms with Crippen molar-refractivity contribution in [2.75, 3.05) is 0 Å². The van der Waals surface area contributed by atoms with E-state index in [4.69, 9.17) is 5.84 Å². The highest BCUT2D eigenvalue weighted by Gasteiger charge is 2.24. The van der Waals surface area contributed by atoms with Crippen LogP contribution in [0.2, 0.25) is 0 Å². The highest BCUT2D eigenvalue weighted by molar-refractivity contribution is 5.82. The standard InChI is InChI=1S/C10H19N3/c11-13-10(7-8-5-6-8)12-9-3-1-2-4-9/h8-9H,1-7,11H2,(H,12,13). The number of hydrogen-bond acceptors (Lipinski definition) is 2. The van der Waals surface area contributed by atoms with Crippen molar-refractivity contribution in [2.45, 2.75) is 51.0 Å². The van der Waals surface area contributed by atoms with Crippen LogP contribution >= 0.6 is 0 Å². The topological polar surface area (TPSA) is 50.4 Å². The molecule has 2 fully saturated rings. The molecule has 2 aliphatic carbocycles. The number of nitrogens with two attached hydrogens (primary N) is 1. The van der Waals surface area contributed by atoms with E-state index in [2.05, 4.69) is 10.4 Å². The van der Waals surface area contributed by atoms with E-state index in [-0.39, 0.29) is 0 Å². The minimum Gasteiger partial charge on any atom is -0.312 e. The van der Waals surface area contributed by atoms with Gasteiger partial charge in [0.1, 0.15) is 5.84 Å². The molecule has 0 atom stereocenters. The molecule has 2 aliphatic rings. The Balaban J connectivity index is 1.84. The first-order valence-electron chi connectivity index (χ1n) is 5.42. The summed E-state index contributed by atoms with van der Waals surface area (Å²) in [5.41, 5.74) is 2.75. The summed E-state index contributed by atoms with van der Waals surface area (Å²) in [5, 5.41) is 0. The molecule has 0 radical (unpaired) electrons. The Hall–Kier alpha value is -0.570. The molecule has 2 rings (SSSR count). The molecule has 3 N–H and O–H groups in total. The first kappa shape index (κ1) is 9.00. The van der Waals surface area contributed by atoms with Crippen molar-refractivity contribution in [3.8, 4) is 0 Å². The maximum absolute atomic E-state index is 5.45. The van der Waals surface area contributed by atoms with Crippen molar-refractivity contribution in [2.24, 2.45) is 16.8 Å². The molecule has 2 saturated carbocycles. The Bertz CT molecular complexity index is 190. The number of rotatable bonds is 3. The summed E-state index contributed by atoms with van der Waals surface area (Å²) in [6.45, 7) is 0. The first-order valence-corrected chi connectivity index (χ1v) is 5.42. The summed E-state index contributed by atoms with van der Waals surface area (Å²) < 4.78 is 0. The van der Waals surface area contributed by atoms with Crippen LogP contribution in [0.1, 0.15) is 44.9 Å². The van der Waals surface area contributed by atoms with Crippen molar-refractivity contribution in [1.82, 2.24) is 5.43 Å². The van der Waals surface area contributed by atoms with Crippen molar-refractivity contribution in [3.63, 3.8) is 0 Å². The van der Waals surface area contributed by atoms with Gasteiger partial charge in [-0.25, -0.2) is 5.84 Å². The fourth-order valence-corrected chi connectivity index (χ4v) is 2.00. The molecule has 0 heterocycles. The molecule has 0 aliphatic heterocycles. The van der Waals surface area contributed by atoms with Gasteiger partial charge in [-0.3, -0.25) is 4.99 Å². The number of aliphatic imine (C=N–C) groups is 1. The van der Waals surface area contributed by atoms with Crippen LogP contribution < -0.4 is 11.3 Å². The van der Waals surface area contributed by atoms with Gasteiger partial charge < -0.3 is 5.43 Å². The quantitative estimate of drug-likeness (QED) is 0.301. The maximum Gasteiger partial charge on any atom is 0.111 e. The molecule has 3 nitrogen and oxygen atoms in total. The van der Waals surface area contributed by atoms with Crippen molar-refractivity contribution in [1.29, 1.82) is 0 Å². The summed E-state index contributed by atoms with van der Waals surface area (Å²) in [6, 6.07) is 0.560. The van der Waals surface area contributed by atoms with Gasteiger partial charge in [0.2, 0.25) is 0 Å². The van der Waals surface area contributed by atoms with Crippen LogP contribution in [0.25, 0.3) is 0 Å². The molecule has 13 heavy (non-hydrogen) atoms. The summed E-state index contributed by atoms with van der Waals surface area (Å²) in [6.07, 6.45) is 9.01. The monoisotopic (exact) mass is 181 g/mol. The third-order valence-corrected chi connectivity index (χ3v) is 3.01. The van der Waals surface area contributed by atoms with Gasteiger partial charge in [-0.05, 0) is 31.6 Å². The Labute approximate surface area is 79.8 Å². The van der Waals surface area contributed by atoms with E-state index in [0.29, 0.717) is 6.04 Å². The zero-order valence-corrected chi connectivity index (χ0v) is 8.13. The Morgan fingerprint density at radius 3 is 2.46 bits per heavy atom. The molecule has 0 bridgehead atoms. The van der Waals surface area contributed by atoms with Gasteiger partial charge in [0.05, 0.1) is 6.04 Å². The molecule has 3 heteroatoms. The lowest BCUT2D eigenvalue weighted by Gasteiger charge is -2.08. The Kier molecular flexibility index (Phi) is 2.83. The summed E-state index contributed by atoms with van der Waals surface area (Å²) in [4.78, 5) is 4.65. The number of hydrogen-bond donors (Lipinski definition) is 2. The Morgan fingerprint density at radius 1 is 1.23 bits per heavy atom. The van der Waals surface area contributed by atoms with Crippen molar-refractivity contribution >= 4 is 5.84 Å². The van der Waals surface area contributed by atoms with Crippen LogP contribution in [0.3, 0.4) is 0 Å². The lowest BCUT2D eigenvalue weighted by atomic mass is 10.2. The second-order valence-electron chi connectivity index (χ2n) is 4.31. The Morgan fingerprint density at radius 2 is 1.92 bits per heavy atom. The normalized spacial score (nSPS) is 25.2. The molecule has 0 aromatic heterocycles. The average molecular weight is 181 g/mol. The van der Waals surface area contributed by atoms with E-state index in [9.17, 15) is 0 Å². The molecular weight excluding hydrogens is 162 g/mol. The van der Waals surface area contributed by atoms with E-state index >= 15 is 0 Å². The lowest BCUT2D eigenvalue weighted by molar-refractivity contribution is 0.689. The molecule has 0 aromatic rings. The summed E-state index contributed by atoms with van der Waals surface area (Å²) in [7, 11) is 0. The molecule has 0 amide bonds. The van der Waals surface area contributed by atoms with Crippen LogP contribution in [0.5, 0.6) is 0 Å². The van der Waals surface area contributed by atoms with Crippen LogP contribution in [-0.2, 0) is 0 Å². The van der Waals surface area contributed by atoms with Crippen LogP contribution in [-0.4, -0.2) is 11.9 Å². The van der Waals surface area contributed by atoms with Gasteiger partial charge in [0.25, 0.3) is 0 Å². The number of nitrogens with one attached hydrogen (secondary N) is 1.